The smallest absolute Gasteiger partial charge is 0.412 e. The highest BCUT2D eigenvalue weighted by Gasteiger charge is 2.21. The van der Waals surface area contributed by atoms with Gasteiger partial charge in [0.1, 0.15) is 12.4 Å². The van der Waals surface area contributed by atoms with Gasteiger partial charge in [0.05, 0.1) is 7.11 Å². The van der Waals surface area contributed by atoms with Crippen LogP contribution in [0, 0.1) is 12.8 Å². The first kappa shape index (κ1) is 20.6. The molecule has 2 aromatic heterocycles. The quantitative estimate of drug-likeness (QED) is 0.767. The number of ether oxygens (including phenoxy) is 2. The van der Waals surface area contributed by atoms with Gasteiger partial charge in [-0.15, -0.1) is 0 Å². The molecule has 0 aromatic carbocycles. The van der Waals surface area contributed by atoms with Gasteiger partial charge in [-0.05, 0) is 49.4 Å². The fraction of sp³-hybridized carbons (Fsp3) is 0.450. The van der Waals surface area contributed by atoms with Crippen LogP contribution in [0.2, 0.25) is 0 Å². The molecule has 0 unspecified atom stereocenters. The summed E-state index contributed by atoms with van der Waals surface area (Å²) in [6, 6.07) is 5.50. The van der Waals surface area contributed by atoms with Gasteiger partial charge in [-0.3, -0.25) is 5.32 Å². The maximum absolute atomic E-state index is 11.3. The molecule has 27 heavy (non-hydrogen) atoms. The number of aromatic nitrogens is 2. The first-order chi connectivity index (χ1) is 12.7. The number of aryl methyl sites for hydroxylation is 1. The summed E-state index contributed by atoms with van der Waals surface area (Å²) in [7, 11) is 1.31. The van der Waals surface area contributed by atoms with E-state index in [0.29, 0.717) is 24.2 Å². The van der Waals surface area contributed by atoms with E-state index in [0.717, 1.165) is 23.1 Å². The third-order valence-electron chi connectivity index (χ3n) is 4.00. The molecule has 2 rings (SSSR count). The van der Waals surface area contributed by atoms with Crippen molar-refractivity contribution < 1.29 is 14.3 Å². The Labute approximate surface area is 160 Å². The van der Waals surface area contributed by atoms with Crippen molar-refractivity contribution in [3.8, 4) is 17.0 Å². The number of methoxy groups -OCH3 is 1. The number of pyridine rings is 2. The molecular formula is C20H28N4O3. The van der Waals surface area contributed by atoms with Crippen LogP contribution in [0.4, 0.5) is 10.6 Å². The molecule has 1 atom stereocenters. The predicted octanol–water partition coefficient (Wildman–Crippen LogP) is 3.77. The summed E-state index contributed by atoms with van der Waals surface area (Å²) in [5, 5.41) is 2.55. The molecule has 0 spiro atoms. The number of anilines is 1. The summed E-state index contributed by atoms with van der Waals surface area (Å²) in [4.78, 5) is 19.9. The van der Waals surface area contributed by atoms with Gasteiger partial charge in [-0.1, -0.05) is 13.8 Å². The minimum absolute atomic E-state index is 0.401. The van der Waals surface area contributed by atoms with Crippen LogP contribution >= 0.6 is 0 Å². The minimum atomic E-state index is -0.565. The molecule has 2 heterocycles. The number of nitrogens with zero attached hydrogens (tertiary/aromatic N) is 2. The first-order valence-corrected chi connectivity index (χ1v) is 8.90. The highest BCUT2D eigenvalue weighted by Crippen LogP contribution is 2.26. The molecule has 0 aliphatic carbocycles. The maximum atomic E-state index is 11.3. The summed E-state index contributed by atoms with van der Waals surface area (Å²) >= 11 is 0. The molecule has 0 aliphatic heterocycles. The Morgan fingerprint density at radius 2 is 2.07 bits per heavy atom. The second kappa shape index (κ2) is 8.81. The fourth-order valence-corrected chi connectivity index (χ4v) is 2.96. The summed E-state index contributed by atoms with van der Waals surface area (Å²) in [6.07, 6.45) is 3.68. The second-order valence-corrected chi connectivity index (χ2v) is 7.42. The van der Waals surface area contributed by atoms with E-state index < -0.39 is 11.6 Å². The summed E-state index contributed by atoms with van der Waals surface area (Å²) in [5.74, 6) is 1.45. The molecule has 7 nitrogen and oxygen atoms in total. The first-order valence-electron chi connectivity index (χ1n) is 8.90. The number of amides is 1. The highest BCUT2D eigenvalue weighted by molar-refractivity contribution is 5.84. The number of carbonyl (C=O) groups is 1. The third-order valence-corrected chi connectivity index (χ3v) is 4.00. The molecule has 2 aromatic rings. The lowest BCUT2D eigenvalue weighted by molar-refractivity contribution is 0.187. The van der Waals surface area contributed by atoms with Crippen LogP contribution in [-0.2, 0) is 4.74 Å². The number of hydrogen-bond acceptors (Lipinski definition) is 6. The van der Waals surface area contributed by atoms with E-state index in [1.165, 1.54) is 7.11 Å². The maximum Gasteiger partial charge on any atom is 0.412 e. The standard InChI is InChI=1S/C20H28N4O3/c1-13(2)10-20(4,21)12-27-18-8-14(3)16(11-23-18)15-6-7-22-17(9-15)24-19(25)26-5/h6-9,11,13H,10,12,21H2,1-5H3,(H,22,24,25)/t20-/m1/s1. The summed E-state index contributed by atoms with van der Waals surface area (Å²) < 4.78 is 10.4. The summed E-state index contributed by atoms with van der Waals surface area (Å²) in [6.45, 7) is 8.65. The Bertz CT molecular complexity index is 791. The molecular weight excluding hydrogens is 344 g/mol. The second-order valence-electron chi connectivity index (χ2n) is 7.42. The van der Waals surface area contributed by atoms with Gasteiger partial charge in [0, 0.05) is 29.6 Å². The number of nitrogens with two attached hydrogens (primary N) is 1. The van der Waals surface area contributed by atoms with E-state index in [1.807, 2.05) is 26.0 Å². The van der Waals surface area contributed by atoms with Crippen molar-refractivity contribution in [3.05, 3.63) is 36.2 Å². The zero-order chi connectivity index (χ0) is 20.0. The van der Waals surface area contributed by atoms with Crippen LogP contribution in [-0.4, -0.2) is 35.3 Å². The van der Waals surface area contributed by atoms with Crippen LogP contribution in [0.3, 0.4) is 0 Å². The van der Waals surface area contributed by atoms with E-state index in [4.69, 9.17) is 10.5 Å². The van der Waals surface area contributed by atoms with Crippen LogP contribution in [0.5, 0.6) is 5.88 Å². The van der Waals surface area contributed by atoms with Gasteiger partial charge in [0.15, 0.2) is 0 Å². The molecule has 0 bridgehead atoms. The third kappa shape index (κ3) is 6.21. The van der Waals surface area contributed by atoms with Crippen LogP contribution in [0.15, 0.2) is 30.6 Å². The molecule has 0 saturated carbocycles. The average molecular weight is 372 g/mol. The van der Waals surface area contributed by atoms with Crippen LogP contribution in [0.25, 0.3) is 11.1 Å². The van der Waals surface area contributed by atoms with Crippen molar-refractivity contribution in [1.82, 2.24) is 9.97 Å². The zero-order valence-electron chi connectivity index (χ0n) is 16.6. The van der Waals surface area contributed by atoms with Gasteiger partial charge >= 0.3 is 6.09 Å². The summed E-state index contributed by atoms with van der Waals surface area (Å²) in [5.41, 5.74) is 8.70. The van der Waals surface area contributed by atoms with E-state index in [-0.39, 0.29) is 0 Å². The zero-order valence-corrected chi connectivity index (χ0v) is 16.6. The Morgan fingerprint density at radius 1 is 1.33 bits per heavy atom. The van der Waals surface area contributed by atoms with Gasteiger partial charge in [0.2, 0.25) is 5.88 Å². The topological polar surface area (TPSA) is 99.4 Å². The van der Waals surface area contributed by atoms with E-state index in [9.17, 15) is 4.79 Å². The van der Waals surface area contributed by atoms with Gasteiger partial charge < -0.3 is 15.2 Å². The molecule has 3 N–H and O–H groups in total. The SMILES string of the molecule is COC(=O)Nc1cc(-c2cnc(OC[C@](C)(N)CC(C)C)cc2C)ccn1. The van der Waals surface area contributed by atoms with Crippen molar-refractivity contribution in [2.24, 2.45) is 11.7 Å². The lowest BCUT2D eigenvalue weighted by Gasteiger charge is -2.26. The van der Waals surface area contributed by atoms with Gasteiger partial charge in [-0.2, -0.15) is 0 Å². The molecule has 0 radical (unpaired) electrons. The fourth-order valence-electron chi connectivity index (χ4n) is 2.96. The Kier molecular flexibility index (Phi) is 6.74. The number of carbonyl (C=O) groups excluding carboxylic acids is 1. The normalized spacial score (nSPS) is 13.1. The van der Waals surface area contributed by atoms with Crippen molar-refractivity contribution in [2.75, 3.05) is 19.0 Å². The molecule has 0 saturated heterocycles. The molecule has 146 valence electrons. The lowest BCUT2D eigenvalue weighted by atomic mass is 9.93. The van der Waals surface area contributed by atoms with E-state index in [2.05, 4.69) is 33.9 Å². The van der Waals surface area contributed by atoms with Crippen LogP contribution in [0.1, 0.15) is 32.8 Å². The highest BCUT2D eigenvalue weighted by atomic mass is 16.5. The number of nitrogens with one attached hydrogen (secondary N) is 1. The Hall–Kier alpha value is -2.67. The lowest BCUT2D eigenvalue weighted by Crippen LogP contribution is -2.43. The van der Waals surface area contributed by atoms with Crippen LogP contribution < -0.4 is 15.8 Å². The van der Waals surface area contributed by atoms with Crippen molar-refractivity contribution in [1.29, 1.82) is 0 Å². The Morgan fingerprint density at radius 3 is 2.70 bits per heavy atom. The van der Waals surface area contributed by atoms with E-state index in [1.54, 1.807) is 18.5 Å². The Balaban J connectivity index is 2.13. The van der Waals surface area contributed by atoms with Gasteiger partial charge in [0.25, 0.3) is 0 Å². The van der Waals surface area contributed by atoms with Crippen molar-refractivity contribution >= 4 is 11.9 Å². The molecule has 1 amide bonds. The largest absolute Gasteiger partial charge is 0.476 e. The molecule has 7 heteroatoms. The minimum Gasteiger partial charge on any atom is -0.476 e. The predicted molar refractivity (Wildman–Crippen MR) is 106 cm³/mol. The van der Waals surface area contributed by atoms with Crippen molar-refractivity contribution in [3.63, 3.8) is 0 Å². The number of hydrogen-bond donors (Lipinski definition) is 2. The molecule has 0 aliphatic rings. The van der Waals surface area contributed by atoms with Gasteiger partial charge in [-0.25, -0.2) is 14.8 Å². The monoisotopic (exact) mass is 372 g/mol. The molecule has 0 fully saturated rings. The van der Waals surface area contributed by atoms with Crippen molar-refractivity contribution in [2.45, 2.75) is 39.7 Å². The number of rotatable bonds is 7. The van der Waals surface area contributed by atoms with E-state index >= 15 is 0 Å². The average Bonchev–Trinajstić information content (AvgIpc) is 2.59.